The molecule has 1 aromatic rings. The molecule has 0 aromatic heterocycles. The fourth-order valence-electron chi connectivity index (χ4n) is 3.93. The maximum Gasteiger partial charge on any atom is 0.253 e. The fraction of sp³-hybridized carbons (Fsp3) is 0.588. The summed E-state index contributed by atoms with van der Waals surface area (Å²) in [7, 11) is -3.58. The molecule has 7 nitrogen and oxygen atoms in total. The van der Waals surface area contributed by atoms with E-state index < -0.39 is 10.0 Å². The van der Waals surface area contributed by atoms with Crippen LogP contribution in [0.3, 0.4) is 0 Å². The molecular weight excluding hydrogens is 342 g/mol. The lowest BCUT2D eigenvalue weighted by molar-refractivity contribution is 0.0730. The van der Waals surface area contributed by atoms with Crippen molar-refractivity contribution in [1.29, 1.82) is 0 Å². The predicted octanol–water partition coefficient (Wildman–Crippen LogP) is -0.00110. The largest absolute Gasteiger partial charge is 0.379 e. The highest BCUT2D eigenvalue weighted by Gasteiger charge is 2.38. The van der Waals surface area contributed by atoms with Crippen molar-refractivity contribution in [3.05, 3.63) is 29.8 Å². The minimum absolute atomic E-state index is 0.0755. The molecule has 1 aromatic carbocycles. The summed E-state index contributed by atoms with van der Waals surface area (Å²) >= 11 is 0. The topological polar surface area (TPSA) is 79.0 Å². The van der Waals surface area contributed by atoms with E-state index in [0.717, 1.165) is 26.2 Å². The summed E-state index contributed by atoms with van der Waals surface area (Å²) in [5.41, 5.74) is 0.447. The number of fused-ring (bicyclic) bond motifs is 1. The number of hydrogen-bond donors (Lipinski definition) is 1. The number of nitrogens with one attached hydrogen (secondary N) is 1. The van der Waals surface area contributed by atoms with Crippen LogP contribution >= 0.6 is 0 Å². The Bertz CT molecular complexity index is 749. The van der Waals surface area contributed by atoms with Crippen LogP contribution in [0.2, 0.25) is 0 Å². The molecule has 3 aliphatic heterocycles. The Morgan fingerprint density at radius 3 is 2.48 bits per heavy atom. The average Bonchev–Trinajstić information content (AvgIpc) is 3.24. The van der Waals surface area contributed by atoms with Crippen LogP contribution in [0, 0.1) is 11.8 Å². The molecular formula is C17H23N3O4S. The van der Waals surface area contributed by atoms with E-state index in [-0.39, 0.29) is 10.8 Å². The number of amides is 1. The third-order valence-corrected chi connectivity index (χ3v) is 7.26. The van der Waals surface area contributed by atoms with Gasteiger partial charge in [0.1, 0.15) is 0 Å². The average molecular weight is 365 g/mol. The zero-order chi connectivity index (χ0) is 17.4. The number of likely N-dealkylation sites (tertiary alicyclic amines) is 1. The first kappa shape index (κ1) is 17.0. The number of benzene rings is 1. The first-order valence-electron chi connectivity index (χ1n) is 8.73. The lowest BCUT2D eigenvalue weighted by Crippen LogP contribution is -2.40. The molecule has 0 radical (unpaired) electrons. The number of nitrogens with zero attached hydrogens (tertiary/aromatic N) is 2. The van der Waals surface area contributed by atoms with Gasteiger partial charge < -0.3 is 15.0 Å². The molecule has 1 amide bonds. The van der Waals surface area contributed by atoms with E-state index in [2.05, 4.69) is 5.32 Å². The molecule has 0 bridgehead atoms. The van der Waals surface area contributed by atoms with E-state index >= 15 is 0 Å². The Morgan fingerprint density at radius 1 is 1.12 bits per heavy atom. The summed E-state index contributed by atoms with van der Waals surface area (Å²) in [6.45, 7) is 4.92. The summed E-state index contributed by atoms with van der Waals surface area (Å²) in [6.07, 6.45) is 0. The van der Waals surface area contributed by atoms with Gasteiger partial charge in [0.05, 0.1) is 18.1 Å². The molecule has 8 heteroatoms. The molecule has 0 saturated carbocycles. The van der Waals surface area contributed by atoms with Gasteiger partial charge in [0, 0.05) is 44.8 Å². The standard InChI is InChI=1S/C17H23N3O4S/c21-17(19-11-14-9-18-10-15(14)12-19)13-2-1-3-16(8-13)25(22,23)20-4-6-24-7-5-20/h1-3,8,14-15,18H,4-7,9-12H2/t14-,15+. The molecule has 25 heavy (non-hydrogen) atoms. The van der Waals surface area contributed by atoms with Crippen LogP contribution in [0.5, 0.6) is 0 Å². The molecule has 3 fully saturated rings. The highest BCUT2D eigenvalue weighted by molar-refractivity contribution is 7.89. The van der Waals surface area contributed by atoms with E-state index in [9.17, 15) is 13.2 Å². The number of rotatable bonds is 3. The molecule has 3 saturated heterocycles. The van der Waals surface area contributed by atoms with Gasteiger partial charge in [-0.15, -0.1) is 0 Å². The Morgan fingerprint density at radius 2 is 1.80 bits per heavy atom. The zero-order valence-corrected chi connectivity index (χ0v) is 14.9. The molecule has 4 rings (SSSR count). The molecule has 136 valence electrons. The van der Waals surface area contributed by atoms with Gasteiger partial charge in [-0.1, -0.05) is 6.07 Å². The zero-order valence-electron chi connectivity index (χ0n) is 14.1. The number of carbonyl (C=O) groups is 1. The van der Waals surface area contributed by atoms with Crippen LogP contribution in [0.4, 0.5) is 0 Å². The molecule has 1 N–H and O–H groups in total. The van der Waals surface area contributed by atoms with E-state index in [1.54, 1.807) is 18.2 Å². The SMILES string of the molecule is O=C(c1cccc(S(=O)(=O)N2CCOCC2)c1)N1C[C@H]2CNC[C@H]2C1. The Kier molecular flexibility index (Phi) is 4.53. The van der Waals surface area contributed by atoms with Gasteiger partial charge in [0.15, 0.2) is 0 Å². The van der Waals surface area contributed by atoms with Gasteiger partial charge >= 0.3 is 0 Å². The highest BCUT2D eigenvalue weighted by atomic mass is 32.2. The van der Waals surface area contributed by atoms with E-state index in [1.165, 1.54) is 10.4 Å². The van der Waals surface area contributed by atoms with Crippen LogP contribution in [-0.2, 0) is 14.8 Å². The Balaban J connectivity index is 1.54. The van der Waals surface area contributed by atoms with Gasteiger partial charge in [0.25, 0.3) is 5.91 Å². The number of morpholine rings is 1. The van der Waals surface area contributed by atoms with Crippen molar-refractivity contribution in [3.8, 4) is 0 Å². The number of ether oxygens (including phenoxy) is 1. The van der Waals surface area contributed by atoms with Gasteiger partial charge in [-0.25, -0.2) is 8.42 Å². The quantitative estimate of drug-likeness (QED) is 0.816. The van der Waals surface area contributed by atoms with Crippen LogP contribution in [0.1, 0.15) is 10.4 Å². The van der Waals surface area contributed by atoms with Crippen LogP contribution < -0.4 is 5.32 Å². The minimum Gasteiger partial charge on any atom is -0.379 e. The number of hydrogen-bond acceptors (Lipinski definition) is 5. The lowest BCUT2D eigenvalue weighted by Gasteiger charge is -2.26. The highest BCUT2D eigenvalue weighted by Crippen LogP contribution is 2.28. The lowest BCUT2D eigenvalue weighted by atomic mass is 10.0. The maximum atomic E-state index is 12.8. The fourth-order valence-corrected chi connectivity index (χ4v) is 5.38. The normalized spacial score (nSPS) is 27.4. The van der Waals surface area contributed by atoms with Crippen LogP contribution in [0.25, 0.3) is 0 Å². The first-order chi connectivity index (χ1) is 12.1. The smallest absolute Gasteiger partial charge is 0.253 e. The van der Waals surface area contributed by atoms with Crippen LogP contribution in [0.15, 0.2) is 29.2 Å². The van der Waals surface area contributed by atoms with Gasteiger partial charge in [-0.05, 0) is 30.0 Å². The van der Waals surface area contributed by atoms with Gasteiger partial charge in [-0.3, -0.25) is 4.79 Å². The molecule has 3 aliphatic rings. The minimum atomic E-state index is -3.58. The van der Waals surface area contributed by atoms with Crippen molar-refractivity contribution >= 4 is 15.9 Å². The van der Waals surface area contributed by atoms with Crippen molar-refractivity contribution in [2.75, 3.05) is 52.5 Å². The van der Waals surface area contributed by atoms with Gasteiger partial charge in [0.2, 0.25) is 10.0 Å². The van der Waals surface area contributed by atoms with Crippen molar-refractivity contribution in [1.82, 2.24) is 14.5 Å². The Labute approximate surface area is 148 Å². The second kappa shape index (κ2) is 6.68. The second-order valence-electron chi connectivity index (χ2n) is 6.93. The van der Waals surface area contributed by atoms with Crippen LogP contribution in [-0.4, -0.2) is 76.0 Å². The van der Waals surface area contributed by atoms with Crippen molar-refractivity contribution in [2.45, 2.75) is 4.90 Å². The maximum absolute atomic E-state index is 12.8. The second-order valence-corrected chi connectivity index (χ2v) is 8.87. The van der Waals surface area contributed by atoms with E-state index in [1.807, 2.05) is 4.90 Å². The van der Waals surface area contributed by atoms with E-state index in [0.29, 0.717) is 43.7 Å². The van der Waals surface area contributed by atoms with Crippen molar-refractivity contribution < 1.29 is 17.9 Å². The van der Waals surface area contributed by atoms with E-state index in [4.69, 9.17) is 4.74 Å². The first-order valence-corrected chi connectivity index (χ1v) is 10.2. The summed E-state index contributed by atoms with van der Waals surface area (Å²) in [5, 5.41) is 3.36. The number of carbonyl (C=O) groups excluding carboxylic acids is 1. The van der Waals surface area contributed by atoms with Gasteiger partial charge in [-0.2, -0.15) is 4.31 Å². The summed E-state index contributed by atoms with van der Waals surface area (Å²) in [4.78, 5) is 14.9. The molecule has 3 heterocycles. The monoisotopic (exact) mass is 365 g/mol. The summed E-state index contributed by atoms with van der Waals surface area (Å²) in [5.74, 6) is 0.960. The predicted molar refractivity (Wildman–Crippen MR) is 91.8 cm³/mol. The third kappa shape index (κ3) is 3.19. The molecule has 0 spiro atoms. The molecule has 0 unspecified atom stereocenters. The summed E-state index contributed by atoms with van der Waals surface area (Å²) in [6, 6.07) is 6.43. The summed E-state index contributed by atoms with van der Waals surface area (Å²) < 4.78 is 32.2. The Hall–Kier alpha value is -1.48. The van der Waals surface area contributed by atoms with Crippen molar-refractivity contribution in [2.24, 2.45) is 11.8 Å². The number of sulfonamides is 1. The molecule has 0 aliphatic carbocycles. The van der Waals surface area contributed by atoms with Crippen molar-refractivity contribution in [3.63, 3.8) is 0 Å². The molecule has 2 atom stereocenters. The third-order valence-electron chi connectivity index (χ3n) is 5.37.